The minimum atomic E-state index is 0.877. The standard InChI is InChI=1S/C11H22N2O/c1(5-14-9-10-2-3-10)4-12-6-11-7-13-8-11/h10-13H,1-9H2. The highest BCUT2D eigenvalue weighted by molar-refractivity contribution is 4.76. The normalized spacial score (nSPS) is 22.3. The highest BCUT2D eigenvalue weighted by atomic mass is 16.5. The zero-order chi connectivity index (χ0) is 9.64. The van der Waals surface area contributed by atoms with E-state index in [4.69, 9.17) is 4.74 Å². The van der Waals surface area contributed by atoms with Gasteiger partial charge in [-0.1, -0.05) is 0 Å². The zero-order valence-corrected chi connectivity index (χ0v) is 8.93. The van der Waals surface area contributed by atoms with Gasteiger partial charge in [0.15, 0.2) is 0 Å². The van der Waals surface area contributed by atoms with Gasteiger partial charge in [0, 0.05) is 32.8 Å². The molecule has 2 N–H and O–H groups in total. The predicted octanol–water partition coefficient (Wildman–Crippen LogP) is 0.612. The molecule has 0 aromatic carbocycles. The summed E-state index contributed by atoms with van der Waals surface area (Å²) < 4.78 is 5.55. The lowest BCUT2D eigenvalue weighted by Gasteiger charge is -2.27. The molecule has 0 amide bonds. The minimum absolute atomic E-state index is 0.877. The molecule has 2 rings (SSSR count). The molecule has 2 fully saturated rings. The number of nitrogens with one attached hydrogen (secondary N) is 2. The molecule has 82 valence electrons. The first kappa shape index (κ1) is 10.4. The van der Waals surface area contributed by atoms with E-state index in [-0.39, 0.29) is 0 Å². The fourth-order valence-electron chi connectivity index (χ4n) is 1.63. The highest BCUT2D eigenvalue weighted by Gasteiger charge is 2.20. The highest BCUT2D eigenvalue weighted by Crippen LogP contribution is 2.28. The Morgan fingerprint density at radius 3 is 2.71 bits per heavy atom. The van der Waals surface area contributed by atoms with Crippen LogP contribution in [0.15, 0.2) is 0 Å². The Balaban J connectivity index is 1.29. The fraction of sp³-hybridized carbons (Fsp3) is 1.00. The second kappa shape index (κ2) is 5.69. The summed E-state index contributed by atoms with van der Waals surface area (Å²) in [5.74, 6) is 1.78. The van der Waals surface area contributed by atoms with Gasteiger partial charge in [-0.2, -0.15) is 0 Å². The molecule has 0 spiro atoms. The molecule has 0 aromatic rings. The van der Waals surface area contributed by atoms with Gasteiger partial charge < -0.3 is 15.4 Å². The van der Waals surface area contributed by atoms with Gasteiger partial charge in [-0.05, 0) is 37.6 Å². The first-order chi connectivity index (χ1) is 6.95. The van der Waals surface area contributed by atoms with Gasteiger partial charge in [0.1, 0.15) is 0 Å². The molecular weight excluding hydrogens is 176 g/mol. The molecule has 1 aliphatic carbocycles. The van der Waals surface area contributed by atoms with Crippen LogP contribution in [0.1, 0.15) is 19.3 Å². The van der Waals surface area contributed by atoms with Crippen LogP contribution in [0.3, 0.4) is 0 Å². The second-order valence-corrected chi connectivity index (χ2v) is 4.60. The molecule has 1 saturated heterocycles. The molecule has 1 saturated carbocycles. The first-order valence-electron chi connectivity index (χ1n) is 5.94. The number of rotatable bonds is 8. The molecular formula is C11H22N2O. The topological polar surface area (TPSA) is 33.3 Å². The van der Waals surface area contributed by atoms with Gasteiger partial charge in [-0.25, -0.2) is 0 Å². The van der Waals surface area contributed by atoms with E-state index in [1.54, 1.807) is 0 Å². The van der Waals surface area contributed by atoms with E-state index in [9.17, 15) is 0 Å². The van der Waals surface area contributed by atoms with Gasteiger partial charge in [-0.15, -0.1) is 0 Å². The average molecular weight is 198 g/mol. The third-order valence-electron chi connectivity index (χ3n) is 2.99. The summed E-state index contributed by atoms with van der Waals surface area (Å²) in [6, 6.07) is 0. The second-order valence-electron chi connectivity index (χ2n) is 4.60. The van der Waals surface area contributed by atoms with Crippen LogP contribution >= 0.6 is 0 Å². The van der Waals surface area contributed by atoms with Crippen molar-refractivity contribution >= 4 is 0 Å². The van der Waals surface area contributed by atoms with Crippen molar-refractivity contribution in [3.05, 3.63) is 0 Å². The summed E-state index contributed by atoms with van der Waals surface area (Å²) >= 11 is 0. The molecule has 0 bridgehead atoms. The van der Waals surface area contributed by atoms with Crippen molar-refractivity contribution < 1.29 is 4.74 Å². The van der Waals surface area contributed by atoms with Crippen molar-refractivity contribution in [1.82, 2.24) is 10.6 Å². The first-order valence-corrected chi connectivity index (χ1v) is 5.94. The van der Waals surface area contributed by atoms with E-state index in [1.165, 1.54) is 32.5 Å². The van der Waals surface area contributed by atoms with Crippen LogP contribution in [0.2, 0.25) is 0 Å². The summed E-state index contributed by atoms with van der Waals surface area (Å²) in [5, 5.41) is 6.75. The van der Waals surface area contributed by atoms with Crippen LogP contribution < -0.4 is 10.6 Å². The lowest BCUT2D eigenvalue weighted by atomic mass is 10.0. The zero-order valence-electron chi connectivity index (χ0n) is 8.93. The molecule has 0 unspecified atom stereocenters. The molecule has 0 atom stereocenters. The maximum absolute atomic E-state index is 5.55. The summed E-state index contributed by atoms with van der Waals surface area (Å²) in [6.45, 7) is 6.63. The maximum atomic E-state index is 5.55. The lowest BCUT2D eigenvalue weighted by molar-refractivity contribution is 0.121. The molecule has 0 radical (unpaired) electrons. The smallest absolute Gasteiger partial charge is 0.0494 e. The van der Waals surface area contributed by atoms with Crippen molar-refractivity contribution in [2.75, 3.05) is 39.4 Å². The van der Waals surface area contributed by atoms with Crippen molar-refractivity contribution in [3.63, 3.8) is 0 Å². The average Bonchev–Trinajstić information content (AvgIpc) is 2.90. The van der Waals surface area contributed by atoms with Gasteiger partial charge >= 0.3 is 0 Å². The van der Waals surface area contributed by atoms with Crippen molar-refractivity contribution in [1.29, 1.82) is 0 Å². The van der Waals surface area contributed by atoms with Crippen LogP contribution in [-0.4, -0.2) is 39.4 Å². The van der Waals surface area contributed by atoms with Crippen LogP contribution in [-0.2, 0) is 4.74 Å². The molecule has 3 nitrogen and oxygen atoms in total. The van der Waals surface area contributed by atoms with Crippen LogP contribution in [0, 0.1) is 11.8 Å². The van der Waals surface area contributed by atoms with E-state index in [0.717, 1.165) is 38.0 Å². The van der Waals surface area contributed by atoms with Crippen LogP contribution in [0.25, 0.3) is 0 Å². The van der Waals surface area contributed by atoms with Crippen molar-refractivity contribution in [2.45, 2.75) is 19.3 Å². The Labute approximate surface area is 86.6 Å². The Bertz CT molecular complexity index is 155. The molecule has 1 aliphatic heterocycles. The molecule has 3 heteroatoms. The SMILES string of the molecule is C(CNCC1CNC1)COCC1CC1. The predicted molar refractivity (Wildman–Crippen MR) is 57.4 cm³/mol. The third-order valence-corrected chi connectivity index (χ3v) is 2.99. The van der Waals surface area contributed by atoms with Gasteiger partial charge in [-0.3, -0.25) is 0 Å². The third kappa shape index (κ3) is 3.95. The number of hydrogen-bond donors (Lipinski definition) is 2. The molecule has 0 aromatic heterocycles. The monoisotopic (exact) mass is 198 g/mol. The van der Waals surface area contributed by atoms with E-state index >= 15 is 0 Å². The van der Waals surface area contributed by atoms with Gasteiger partial charge in [0.2, 0.25) is 0 Å². The maximum Gasteiger partial charge on any atom is 0.0494 e. The van der Waals surface area contributed by atoms with Crippen molar-refractivity contribution in [3.8, 4) is 0 Å². The van der Waals surface area contributed by atoms with Crippen LogP contribution in [0.5, 0.6) is 0 Å². The Morgan fingerprint density at radius 1 is 1.21 bits per heavy atom. The fourth-order valence-corrected chi connectivity index (χ4v) is 1.63. The summed E-state index contributed by atoms with van der Waals surface area (Å²) in [4.78, 5) is 0. The molecule has 2 aliphatic rings. The van der Waals surface area contributed by atoms with E-state index in [0.29, 0.717) is 0 Å². The Kier molecular flexibility index (Phi) is 4.22. The molecule has 1 heterocycles. The van der Waals surface area contributed by atoms with Crippen LogP contribution in [0.4, 0.5) is 0 Å². The largest absolute Gasteiger partial charge is 0.381 e. The van der Waals surface area contributed by atoms with Crippen molar-refractivity contribution in [2.24, 2.45) is 11.8 Å². The Morgan fingerprint density at radius 2 is 2.07 bits per heavy atom. The molecule has 14 heavy (non-hydrogen) atoms. The summed E-state index contributed by atoms with van der Waals surface area (Å²) in [5.41, 5.74) is 0. The van der Waals surface area contributed by atoms with E-state index in [1.807, 2.05) is 0 Å². The summed E-state index contributed by atoms with van der Waals surface area (Å²) in [6.07, 6.45) is 3.95. The van der Waals surface area contributed by atoms with E-state index in [2.05, 4.69) is 10.6 Å². The Hall–Kier alpha value is -0.120. The minimum Gasteiger partial charge on any atom is -0.381 e. The van der Waals surface area contributed by atoms with E-state index < -0.39 is 0 Å². The quantitative estimate of drug-likeness (QED) is 0.561. The summed E-state index contributed by atoms with van der Waals surface area (Å²) in [7, 11) is 0. The lowest BCUT2D eigenvalue weighted by Crippen LogP contribution is -2.47. The van der Waals surface area contributed by atoms with Gasteiger partial charge in [0.05, 0.1) is 0 Å². The number of hydrogen-bond acceptors (Lipinski definition) is 3. The van der Waals surface area contributed by atoms with Gasteiger partial charge in [0.25, 0.3) is 0 Å². The number of ether oxygens (including phenoxy) is 1.